The molecule has 0 radical (unpaired) electrons. The Morgan fingerprint density at radius 3 is 2.72 bits per heavy atom. The number of aliphatic carboxylic acids is 1. The number of piperidine rings is 1. The van der Waals surface area contributed by atoms with Crippen LogP contribution in [-0.4, -0.2) is 47.1 Å². The molecule has 2 aromatic rings. The molecule has 132 valence electrons. The van der Waals surface area contributed by atoms with E-state index in [0.29, 0.717) is 6.54 Å². The van der Waals surface area contributed by atoms with Gasteiger partial charge in [-0.3, -0.25) is 9.69 Å². The van der Waals surface area contributed by atoms with E-state index in [1.54, 1.807) is 0 Å². The van der Waals surface area contributed by atoms with Crippen LogP contribution in [0.1, 0.15) is 31.2 Å². The first-order chi connectivity index (χ1) is 12.2. The number of benzene rings is 1. The number of likely N-dealkylation sites (tertiary alicyclic amines) is 1. The zero-order valence-corrected chi connectivity index (χ0v) is 14.5. The second-order valence-corrected chi connectivity index (χ2v) is 7.27. The summed E-state index contributed by atoms with van der Waals surface area (Å²) in [4.78, 5) is 20.9. The summed E-state index contributed by atoms with van der Waals surface area (Å²) in [6.07, 6.45) is 4.48. The van der Waals surface area contributed by atoms with Crippen molar-refractivity contribution >= 4 is 22.7 Å². The van der Waals surface area contributed by atoms with Gasteiger partial charge in [0.05, 0.1) is 11.4 Å². The monoisotopic (exact) mass is 339 g/mol. The number of rotatable bonds is 4. The molecular weight excluding hydrogens is 314 g/mol. The lowest BCUT2D eigenvalue weighted by Gasteiger charge is -2.30. The number of carboxylic acid groups (broad SMARTS) is 1. The maximum atomic E-state index is 11.2. The maximum Gasteiger partial charge on any atom is 0.307 e. The molecular formula is C20H25N3O2. The van der Waals surface area contributed by atoms with E-state index < -0.39 is 5.97 Å². The van der Waals surface area contributed by atoms with E-state index in [4.69, 9.17) is 4.98 Å². The molecule has 2 saturated heterocycles. The van der Waals surface area contributed by atoms with Crippen molar-refractivity contribution in [1.29, 1.82) is 0 Å². The molecule has 2 aliphatic heterocycles. The fraction of sp³-hybridized carbons (Fsp3) is 0.500. The Bertz CT molecular complexity index is 771. The lowest BCUT2D eigenvalue weighted by atomic mass is 10.1. The molecule has 5 heteroatoms. The van der Waals surface area contributed by atoms with Crippen LogP contribution in [0.25, 0.3) is 10.9 Å². The molecule has 0 aliphatic carbocycles. The van der Waals surface area contributed by atoms with Gasteiger partial charge in [0.1, 0.15) is 5.82 Å². The van der Waals surface area contributed by atoms with E-state index in [0.717, 1.165) is 49.3 Å². The molecule has 4 rings (SSSR count). The van der Waals surface area contributed by atoms with Gasteiger partial charge in [-0.15, -0.1) is 0 Å². The molecule has 5 nitrogen and oxygen atoms in total. The molecule has 2 fully saturated rings. The number of hydrogen-bond donors (Lipinski definition) is 1. The number of anilines is 1. The topological polar surface area (TPSA) is 56.7 Å². The van der Waals surface area contributed by atoms with Crippen LogP contribution >= 0.6 is 0 Å². The van der Waals surface area contributed by atoms with Crippen molar-refractivity contribution in [3.8, 4) is 0 Å². The quantitative estimate of drug-likeness (QED) is 0.927. The minimum Gasteiger partial charge on any atom is -0.481 e. The van der Waals surface area contributed by atoms with Crippen LogP contribution in [0.3, 0.4) is 0 Å². The predicted molar refractivity (Wildman–Crippen MR) is 98.8 cm³/mol. The molecule has 25 heavy (non-hydrogen) atoms. The minimum atomic E-state index is -0.671. The Morgan fingerprint density at radius 1 is 1.16 bits per heavy atom. The molecule has 0 bridgehead atoms. The third kappa shape index (κ3) is 3.47. The van der Waals surface area contributed by atoms with E-state index in [-0.39, 0.29) is 5.92 Å². The Balaban J connectivity index is 1.64. The van der Waals surface area contributed by atoms with Gasteiger partial charge in [0.15, 0.2) is 0 Å². The number of carbonyl (C=O) groups is 1. The Kier molecular flexibility index (Phi) is 4.57. The minimum absolute atomic E-state index is 0.230. The first-order valence-electron chi connectivity index (χ1n) is 9.29. The molecule has 0 spiro atoms. The zero-order chi connectivity index (χ0) is 17.2. The van der Waals surface area contributed by atoms with E-state index >= 15 is 0 Å². The third-order valence-corrected chi connectivity index (χ3v) is 5.45. The maximum absolute atomic E-state index is 11.2. The number of para-hydroxylation sites is 1. The Hall–Kier alpha value is -2.14. The molecule has 1 aromatic carbocycles. The lowest BCUT2D eigenvalue weighted by Crippen LogP contribution is -2.32. The number of pyridine rings is 1. The molecule has 1 N–H and O–H groups in total. The highest BCUT2D eigenvalue weighted by atomic mass is 16.4. The summed E-state index contributed by atoms with van der Waals surface area (Å²) in [7, 11) is 0. The first-order valence-corrected chi connectivity index (χ1v) is 9.29. The van der Waals surface area contributed by atoms with Gasteiger partial charge >= 0.3 is 5.97 Å². The van der Waals surface area contributed by atoms with E-state index in [1.807, 2.05) is 12.1 Å². The van der Waals surface area contributed by atoms with Gasteiger partial charge in [-0.2, -0.15) is 0 Å². The molecule has 1 aromatic heterocycles. The highest BCUT2D eigenvalue weighted by Crippen LogP contribution is 2.29. The van der Waals surface area contributed by atoms with Crippen LogP contribution < -0.4 is 4.90 Å². The third-order valence-electron chi connectivity index (χ3n) is 5.45. The summed E-state index contributed by atoms with van der Waals surface area (Å²) in [5, 5.41) is 10.4. The number of carboxylic acids is 1. The summed E-state index contributed by atoms with van der Waals surface area (Å²) < 4.78 is 0. The SMILES string of the molecule is O=C(O)C1CCN(Cc2cc3ccccc3nc2N2CCCCC2)C1. The summed E-state index contributed by atoms with van der Waals surface area (Å²) >= 11 is 0. The molecule has 1 unspecified atom stereocenters. The van der Waals surface area contributed by atoms with Crippen LogP contribution in [-0.2, 0) is 11.3 Å². The smallest absolute Gasteiger partial charge is 0.307 e. The van der Waals surface area contributed by atoms with E-state index in [9.17, 15) is 9.90 Å². The number of nitrogens with zero attached hydrogens (tertiary/aromatic N) is 3. The van der Waals surface area contributed by atoms with Gasteiger partial charge < -0.3 is 10.0 Å². The van der Waals surface area contributed by atoms with Crippen LogP contribution in [0.2, 0.25) is 0 Å². The highest BCUT2D eigenvalue weighted by Gasteiger charge is 2.29. The summed E-state index contributed by atoms with van der Waals surface area (Å²) in [6, 6.07) is 10.5. The molecule has 2 aliphatic rings. The van der Waals surface area contributed by atoms with Crippen LogP contribution in [0.15, 0.2) is 30.3 Å². The molecule has 3 heterocycles. The van der Waals surface area contributed by atoms with Crippen molar-refractivity contribution in [1.82, 2.24) is 9.88 Å². The van der Waals surface area contributed by atoms with Crippen LogP contribution in [0.5, 0.6) is 0 Å². The van der Waals surface area contributed by atoms with Crippen LogP contribution in [0.4, 0.5) is 5.82 Å². The Labute approximate surface area is 148 Å². The summed E-state index contributed by atoms with van der Waals surface area (Å²) in [6.45, 7) is 4.41. The average molecular weight is 339 g/mol. The highest BCUT2D eigenvalue weighted by molar-refractivity contribution is 5.82. The van der Waals surface area contributed by atoms with E-state index in [2.05, 4.69) is 28.0 Å². The van der Waals surface area contributed by atoms with Crippen molar-refractivity contribution in [2.24, 2.45) is 5.92 Å². The van der Waals surface area contributed by atoms with Gasteiger partial charge in [-0.25, -0.2) is 4.98 Å². The molecule has 0 amide bonds. The fourth-order valence-electron chi connectivity index (χ4n) is 4.06. The van der Waals surface area contributed by atoms with Crippen molar-refractivity contribution in [3.63, 3.8) is 0 Å². The Morgan fingerprint density at radius 2 is 1.96 bits per heavy atom. The van der Waals surface area contributed by atoms with Gasteiger partial charge in [0.25, 0.3) is 0 Å². The van der Waals surface area contributed by atoms with Crippen LogP contribution in [0, 0.1) is 5.92 Å². The normalized spacial score (nSPS) is 21.8. The van der Waals surface area contributed by atoms with Gasteiger partial charge in [0, 0.05) is 37.1 Å². The fourth-order valence-corrected chi connectivity index (χ4v) is 4.06. The largest absolute Gasteiger partial charge is 0.481 e. The summed E-state index contributed by atoms with van der Waals surface area (Å²) in [5.41, 5.74) is 2.27. The van der Waals surface area contributed by atoms with Gasteiger partial charge in [-0.1, -0.05) is 18.2 Å². The van der Waals surface area contributed by atoms with Gasteiger partial charge in [-0.05, 0) is 44.4 Å². The molecule has 1 atom stereocenters. The number of aromatic nitrogens is 1. The predicted octanol–water partition coefficient (Wildman–Crippen LogP) is 3.13. The van der Waals surface area contributed by atoms with Crippen molar-refractivity contribution < 1.29 is 9.90 Å². The first kappa shape index (κ1) is 16.3. The standard InChI is InChI=1S/C20H25N3O2/c24-20(25)16-8-11-22(13-16)14-17-12-15-6-2-3-7-18(15)21-19(17)23-9-4-1-5-10-23/h2-3,6-7,12,16H,1,4-5,8-11,13-14H2,(H,24,25). The summed E-state index contributed by atoms with van der Waals surface area (Å²) in [5.74, 6) is 0.194. The molecule has 0 saturated carbocycles. The number of hydrogen-bond acceptors (Lipinski definition) is 4. The lowest BCUT2D eigenvalue weighted by molar-refractivity contribution is -0.141. The second kappa shape index (κ2) is 7.00. The van der Waals surface area contributed by atoms with Crippen molar-refractivity contribution in [2.75, 3.05) is 31.1 Å². The van der Waals surface area contributed by atoms with Crippen molar-refractivity contribution in [3.05, 3.63) is 35.9 Å². The average Bonchev–Trinajstić information content (AvgIpc) is 3.11. The van der Waals surface area contributed by atoms with Crippen molar-refractivity contribution in [2.45, 2.75) is 32.2 Å². The van der Waals surface area contributed by atoms with Gasteiger partial charge in [0.2, 0.25) is 0 Å². The zero-order valence-electron chi connectivity index (χ0n) is 14.5. The number of fused-ring (bicyclic) bond motifs is 1. The van der Waals surface area contributed by atoms with E-state index in [1.165, 1.54) is 24.8 Å². The second-order valence-electron chi connectivity index (χ2n) is 7.27.